The maximum atomic E-state index is 11.8. The number of hydrogen-bond donors (Lipinski definition) is 3. The summed E-state index contributed by atoms with van der Waals surface area (Å²) in [5.74, 6) is -0.664. The Morgan fingerprint density at radius 1 is 1.00 bits per heavy atom. The number of benzene rings is 2. The summed E-state index contributed by atoms with van der Waals surface area (Å²) in [6.07, 6.45) is 0.715. The van der Waals surface area contributed by atoms with Crippen LogP contribution in [-0.4, -0.2) is 31.1 Å². The monoisotopic (exact) mass is 363 g/mol. The quantitative estimate of drug-likeness (QED) is 0.423. The maximum Gasteiger partial charge on any atom is 0.280 e. The van der Waals surface area contributed by atoms with Gasteiger partial charge in [0.2, 0.25) is 0 Å². The predicted octanol–water partition coefficient (Wildman–Crippen LogP) is 1.89. The fraction of sp³-hybridized carbons (Fsp3) is 0.176. The summed E-state index contributed by atoms with van der Waals surface area (Å²) in [6.45, 7) is 4.09. The van der Waals surface area contributed by atoms with Crippen molar-refractivity contribution in [2.24, 2.45) is 16.5 Å². The van der Waals surface area contributed by atoms with Crippen LogP contribution < -0.4 is 11.5 Å². The molecule has 0 aliphatic carbocycles. The molecule has 0 fully saturated rings. The molecular weight excluding hydrogens is 342 g/mol. The number of aryl methyl sites for hydroxylation is 2. The summed E-state index contributed by atoms with van der Waals surface area (Å²) in [7, 11) is -3.67. The van der Waals surface area contributed by atoms with Crippen LogP contribution in [0.15, 0.2) is 47.5 Å². The summed E-state index contributed by atoms with van der Waals surface area (Å²) in [5, 5.41) is 0. The van der Waals surface area contributed by atoms with Crippen LogP contribution >= 0.6 is 0 Å². The van der Waals surface area contributed by atoms with E-state index in [4.69, 9.17) is 16.0 Å². The highest BCUT2D eigenvalue weighted by molar-refractivity contribution is 7.85. The highest BCUT2D eigenvalue weighted by Crippen LogP contribution is 2.23. The maximum absolute atomic E-state index is 11.8. The van der Waals surface area contributed by atoms with Crippen molar-refractivity contribution in [1.82, 2.24) is 0 Å². The summed E-state index contributed by atoms with van der Waals surface area (Å²) in [5.41, 5.74) is 15.3. The Balaban J connectivity index is 0.000000550. The number of nitrogens with zero attached hydrogens (tertiary/aromatic N) is 1. The van der Waals surface area contributed by atoms with E-state index in [0.717, 1.165) is 11.1 Å². The molecule has 8 heteroatoms. The van der Waals surface area contributed by atoms with Crippen molar-refractivity contribution >= 4 is 22.0 Å². The molecule has 2 aromatic rings. The van der Waals surface area contributed by atoms with Crippen LogP contribution in [-0.2, 0) is 10.1 Å². The molecule has 0 radical (unpaired) electrons. The number of carbonyl (C=O) groups excluding carboxylic acids is 1. The van der Waals surface area contributed by atoms with Gasteiger partial charge in [-0.3, -0.25) is 9.35 Å². The Kier molecular flexibility index (Phi) is 6.84. The molecule has 0 heterocycles. The van der Waals surface area contributed by atoms with Crippen molar-refractivity contribution in [3.63, 3.8) is 0 Å². The van der Waals surface area contributed by atoms with Gasteiger partial charge >= 0.3 is 0 Å². The second-order valence-corrected chi connectivity index (χ2v) is 7.00. The second kappa shape index (κ2) is 8.41. The molecule has 7 nitrogen and oxygen atoms in total. The Bertz CT molecular complexity index is 874. The Morgan fingerprint density at radius 3 is 2.00 bits per heavy atom. The predicted molar refractivity (Wildman–Crippen MR) is 99.0 cm³/mol. The minimum absolute atomic E-state index is 0.230. The smallest absolute Gasteiger partial charge is 0.280 e. The summed E-state index contributed by atoms with van der Waals surface area (Å²) in [6, 6.07) is 13.5. The molecule has 0 saturated heterocycles. The molecule has 0 aromatic heterocycles. The normalized spacial score (nSPS) is 10.4. The highest BCUT2D eigenvalue weighted by Gasteiger charge is 2.07. The van der Waals surface area contributed by atoms with E-state index in [0.29, 0.717) is 11.8 Å². The molecule has 2 rings (SSSR count). The SMILES string of the molecule is CS(=O)(=O)O.Cc1cc(C)cc(-c2cccc(C(=O)N=C(N)N)c2)c1. The van der Waals surface area contributed by atoms with Gasteiger partial charge in [0.15, 0.2) is 5.96 Å². The molecule has 0 bridgehead atoms. The molecule has 0 spiro atoms. The van der Waals surface area contributed by atoms with Crippen molar-refractivity contribution in [2.75, 3.05) is 6.26 Å². The van der Waals surface area contributed by atoms with Crippen LogP contribution in [0.4, 0.5) is 0 Å². The lowest BCUT2D eigenvalue weighted by Crippen LogP contribution is -2.24. The van der Waals surface area contributed by atoms with Gasteiger partial charge in [-0.15, -0.1) is 0 Å². The Morgan fingerprint density at radius 2 is 1.52 bits per heavy atom. The molecule has 5 N–H and O–H groups in total. The first-order valence-electron chi connectivity index (χ1n) is 7.21. The first-order valence-corrected chi connectivity index (χ1v) is 9.05. The van der Waals surface area contributed by atoms with E-state index in [1.807, 2.05) is 26.0 Å². The van der Waals surface area contributed by atoms with Crippen molar-refractivity contribution in [2.45, 2.75) is 13.8 Å². The standard InChI is InChI=1S/C16H17N3O.CH4O3S/c1-10-6-11(2)8-14(7-10)12-4-3-5-13(9-12)15(20)19-16(17)18;1-5(2,3)4/h3-9H,1-2H3,(H4,17,18,19,20);1H3,(H,2,3,4). The zero-order valence-corrected chi connectivity index (χ0v) is 15.0. The first kappa shape index (κ1) is 20.3. The number of rotatable bonds is 2. The van der Waals surface area contributed by atoms with Gasteiger partial charge in [-0.25, -0.2) is 0 Å². The van der Waals surface area contributed by atoms with Crippen molar-refractivity contribution in [3.8, 4) is 11.1 Å². The highest BCUT2D eigenvalue weighted by atomic mass is 32.2. The summed E-state index contributed by atoms with van der Waals surface area (Å²) >= 11 is 0. The second-order valence-electron chi connectivity index (χ2n) is 5.53. The topological polar surface area (TPSA) is 136 Å². The fourth-order valence-corrected chi connectivity index (χ4v) is 2.15. The van der Waals surface area contributed by atoms with E-state index < -0.39 is 16.0 Å². The average molecular weight is 363 g/mol. The number of nitrogens with two attached hydrogens (primary N) is 2. The van der Waals surface area contributed by atoms with E-state index in [-0.39, 0.29) is 5.96 Å². The van der Waals surface area contributed by atoms with Crippen molar-refractivity contribution in [3.05, 3.63) is 59.2 Å². The molecule has 0 saturated carbocycles. The average Bonchev–Trinajstić information content (AvgIpc) is 2.44. The molecule has 134 valence electrons. The Hall–Kier alpha value is -2.71. The van der Waals surface area contributed by atoms with E-state index in [1.165, 1.54) is 11.1 Å². The lowest BCUT2D eigenvalue weighted by atomic mass is 9.99. The minimum Gasteiger partial charge on any atom is -0.370 e. The van der Waals surface area contributed by atoms with Crippen LogP contribution in [0.25, 0.3) is 11.1 Å². The van der Waals surface area contributed by atoms with E-state index in [9.17, 15) is 13.2 Å². The molecule has 0 aliphatic heterocycles. The van der Waals surface area contributed by atoms with Gasteiger partial charge in [0, 0.05) is 5.56 Å². The molecule has 0 atom stereocenters. The first-order chi connectivity index (χ1) is 11.5. The molecule has 1 amide bonds. The van der Waals surface area contributed by atoms with E-state index in [1.54, 1.807) is 12.1 Å². The zero-order chi connectivity index (χ0) is 19.2. The van der Waals surface area contributed by atoms with E-state index >= 15 is 0 Å². The van der Waals surface area contributed by atoms with Gasteiger partial charge in [-0.1, -0.05) is 41.5 Å². The number of hydrogen-bond acceptors (Lipinski definition) is 3. The van der Waals surface area contributed by atoms with E-state index in [2.05, 4.69) is 23.2 Å². The van der Waals surface area contributed by atoms with Gasteiger partial charge < -0.3 is 11.5 Å². The third-order valence-electron chi connectivity index (χ3n) is 2.90. The largest absolute Gasteiger partial charge is 0.370 e. The lowest BCUT2D eigenvalue weighted by Gasteiger charge is -2.06. The minimum atomic E-state index is -3.67. The third-order valence-corrected chi connectivity index (χ3v) is 2.90. The van der Waals surface area contributed by atoms with Crippen LogP contribution in [0.5, 0.6) is 0 Å². The van der Waals surface area contributed by atoms with Gasteiger partial charge in [0.1, 0.15) is 0 Å². The molecular formula is C17H21N3O4S. The van der Waals surface area contributed by atoms with Gasteiger partial charge in [0.05, 0.1) is 6.26 Å². The number of aliphatic imine (C=N–C) groups is 1. The fourth-order valence-electron chi connectivity index (χ4n) is 2.15. The van der Waals surface area contributed by atoms with Crippen LogP contribution in [0.1, 0.15) is 21.5 Å². The number of carbonyl (C=O) groups is 1. The lowest BCUT2D eigenvalue weighted by molar-refractivity contribution is 0.100. The molecule has 0 unspecified atom stereocenters. The summed E-state index contributed by atoms with van der Waals surface area (Å²) in [4.78, 5) is 15.4. The van der Waals surface area contributed by atoms with Gasteiger partial charge in [-0.2, -0.15) is 13.4 Å². The molecule has 0 aliphatic rings. The van der Waals surface area contributed by atoms with Gasteiger partial charge in [-0.05, 0) is 37.1 Å². The molecule has 2 aromatic carbocycles. The van der Waals surface area contributed by atoms with Crippen molar-refractivity contribution < 1.29 is 17.8 Å². The molecule has 25 heavy (non-hydrogen) atoms. The third kappa shape index (κ3) is 8.09. The van der Waals surface area contributed by atoms with Crippen LogP contribution in [0.3, 0.4) is 0 Å². The number of amides is 1. The van der Waals surface area contributed by atoms with Crippen molar-refractivity contribution in [1.29, 1.82) is 0 Å². The van der Waals surface area contributed by atoms with Crippen LogP contribution in [0.2, 0.25) is 0 Å². The summed E-state index contributed by atoms with van der Waals surface area (Å²) < 4.78 is 25.9. The zero-order valence-electron chi connectivity index (χ0n) is 14.2. The number of guanidine groups is 1. The van der Waals surface area contributed by atoms with Crippen LogP contribution in [0, 0.1) is 13.8 Å². The van der Waals surface area contributed by atoms with Gasteiger partial charge in [0.25, 0.3) is 16.0 Å². The Labute approximate surface area is 147 Å².